The fourth-order valence-corrected chi connectivity index (χ4v) is 2.87. The van der Waals surface area contributed by atoms with Crippen molar-refractivity contribution in [2.24, 2.45) is 0 Å². The highest BCUT2D eigenvalue weighted by Crippen LogP contribution is 2.25. The van der Waals surface area contributed by atoms with Gasteiger partial charge in [-0.1, -0.05) is 30.3 Å². The van der Waals surface area contributed by atoms with Crippen molar-refractivity contribution < 1.29 is 9.18 Å². The number of nitrogens with one attached hydrogen (secondary N) is 1. The highest BCUT2D eigenvalue weighted by atomic mass is 79.9. The van der Waals surface area contributed by atoms with Gasteiger partial charge in [0.05, 0.1) is 23.0 Å². The Morgan fingerprint density at radius 1 is 1.15 bits per heavy atom. The van der Waals surface area contributed by atoms with Crippen molar-refractivity contribution >= 4 is 33.2 Å². The second kappa shape index (κ2) is 8.10. The first kappa shape index (κ1) is 18.1. The van der Waals surface area contributed by atoms with Crippen LogP contribution in [0.4, 0.5) is 15.8 Å². The van der Waals surface area contributed by atoms with Crippen molar-refractivity contribution in [2.45, 2.75) is 12.3 Å². The van der Waals surface area contributed by atoms with E-state index in [2.05, 4.69) is 26.2 Å². The lowest BCUT2D eigenvalue weighted by Gasteiger charge is -2.17. The average Bonchev–Trinajstić information content (AvgIpc) is 2.64. The molecule has 0 aliphatic heterocycles. The number of carbonyl (C=O) groups is 1. The molecule has 0 radical (unpaired) electrons. The van der Waals surface area contributed by atoms with Crippen LogP contribution in [0.1, 0.15) is 17.2 Å². The molecule has 1 amide bonds. The van der Waals surface area contributed by atoms with Gasteiger partial charge in [0, 0.05) is 10.7 Å². The summed E-state index contributed by atoms with van der Waals surface area (Å²) in [6.07, 6.45) is 2.12. The Labute approximate surface area is 159 Å². The van der Waals surface area contributed by atoms with Crippen LogP contribution in [0.2, 0.25) is 0 Å². The summed E-state index contributed by atoms with van der Waals surface area (Å²) >= 11 is 3.35. The van der Waals surface area contributed by atoms with E-state index in [1.54, 1.807) is 12.3 Å². The number of nitrogens with zero attached hydrogens (tertiary/aromatic N) is 1. The number of aromatic nitrogens is 1. The van der Waals surface area contributed by atoms with Crippen molar-refractivity contribution in [1.29, 1.82) is 0 Å². The lowest BCUT2D eigenvalue weighted by Crippen LogP contribution is -2.24. The molecular weight excluding hydrogens is 397 g/mol. The van der Waals surface area contributed by atoms with E-state index < -0.39 is 11.7 Å². The number of amides is 1. The van der Waals surface area contributed by atoms with E-state index in [-0.39, 0.29) is 11.6 Å². The summed E-state index contributed by atoms with van der Waals surface area (Å²) in [5.41, 5.74) is 8.04. The Morgan fingerprint density at radius 3 is 2.62 bits per heavy atom. The SMILES string of the molecule is Nc1ccc(F)cc1NC(=O)C(Cc1ccccc1)c1ccc(Br)cn1. The molecule has 0 spiro atoms. The van der Waals surface area contributed by atoms with E-state index in [4.69, 9.17) is 5.73 Å². The molecule has 3 N–H and O–H groups in total. The topological polar surface area (TPSA) is 68.0 Å². The van der Waals surface area contributed by atoms with Gasteiger partial charge in [-0.3, -0.25) is 9.78 Å². The van der Waals surface area contributed by atoms with Crippen LogP contribution in [-0.2, 0) is 11.2 Å². The molecule has 0 fully saturated rings. The Morgan fingerprint density at radius 2 is 1.92 bits per heavy atom. The van der Waals surface area contributed by atoms with Crippen LogP contribution in [0.15, 0.2) is 71.3 Å². The Balaban J connectivity index is 1.90. The number of nitrogens with two attached hydrogens (primary N) is 1. The molecule has 0 aliphatic carbocycles. The molecule has 6 heteroatoms. The molecule has 3 aromatic rings. The van der Waals surface area contributed by atoms with Gasteiger partial charge < -0.3 is 11.1 Å². The quantitative estimate of drug-likeness (QED) is 0.603. The maximum Gasteiger partial charge on any atom is 0.233 e. The standard InChI is InChI=1S/C20H17BrFN3O/c21-14-6-9-18(24-12-14)16(10-13-4-2-1-3-5-13)20(26)25-19-11-15(22)7-8-17(19)23/h1-9,11-12,16H,10,23H2,(H,25,26). The summed E-state index contributed by atoms with van der Waals surface area (Å²) in [4.78, 5) is 17.3. The monoisotopic (exact) mass is 413 g/mol. The van der Waals surface area contributed by atoms with E-state index in [0.717, 1.165) is 10.0 Å². The van der Waals surface area contributed by atoms with Crippen LogP contribution in [-0.4, -0.2) is 10.9 Å². The predicted octanol–water partition coefficient (Wildman–Crippen LogP) is 4.53. The second-order valence-electron chi connectivity index (χ2n) is 5.86. The summed E-state index contributed by atoms with van der Waals surface area (Å²) in [6.45, 7) is 0. The van der Waals surface area contributed by atoms with E-state index in [1.165, 1.54) is 18.2 Å². The predicted molar refractivity (Wildman–Crippen MR) is 104 cm³/mol. The van der Waals surface area contributed by atoms with Gasteiger partial charge in [0.15, 0.2) is 0 Å². The summed E-state index contributed by atoms with van der Waals surface area (Å²) in [5, 5.41) is 2.73. The molecule has 2 aromatic carbocycles. The smallest absolute Gasteiger partial charge is 0.233 e. The zero-order valence-electron chi connectivity index (χ0n) is 13.8. The van der Waals surface area contributed by atoms with Crippen molar-refractivity contribution in [3.63, 3.8) is 0 Å². The van der Waals surface area contributed by atoms with E-state index >= 15 is 0 Å². The molecule has 26 heavy (non-hydrogen) atoms. The number of nitrogen functional groups attached to an aromatic ring is 1. The third-order valence-electron chi connectivity index (χ3n) is 3.98. The molecule has 0 bridgehead atoms. The van der Waals surface area contributed by atoms with E-state index in [1.807, 2.05) is 36.4 Å². The minimum Gasteiger partial charge on any atom is -0.397 e. The fraction of sp³-hybridized carbons (Fsp3) is 0.100. The third-order valence-corrected chi connectivity index (χ3v) is 4.45. The highest BCUT2D eigenvalue weighted by Gasteiger charge is 2.23. The van der Waals surface area contributed by atoms with E-state index in [0.29, 0.717) is 17.8 Å². The number of halogens is 2. The number of carbonyl (C=O) groups excluding carboxylic acids is 1. The Kier molecular flexibility index (Phi) is 5.63. The third kappa shape index (κ3) is 4.46. The number of hydrogen-bond donors (Lipinski definition) is 2. The highest BCUT2D eigenvalue weighted by molar-refractivity contribution is 9.10. The Hall–Kier alpha value is -2.73. The van der Waals surface area contributed by atoms with Crippen LogP contribution in [0.3, 0.4) is 0 Å². The van der Waals surface area contributed by atoms with E-state index in [9.17, 15) is 9.18 Å². The molecule has 1 atom stereocenters. The van der Waals surface area contributed by atoms with Gasteiger partial charge in [-0.15, -0.1) is 0 Å². The maximum atomic E-state index is 13.5. The maximum absolute atomic E-state index is 13.5. The molecule has 0 saturated heterocycles. The molecule has 0 aliphatic rings. The van der Waals surface area contributed by atoms with Crippen LogP contribution < -0.4 is 11.1 Å². The molecule has 0 saturated carbocycles. The molecular formula is C20H17BrFN3O. The number of hydrogen-bond acceptors (Lipinski definition) is 3. The molecule has 132 valence electrons. The largest absolute Gasteiger partial charge is 0.397 e. The van der Waals surface area contributed by atoms with Crippen molar-refractivity contribution in [3.05, 3.63) is 88.4 Å². The number of anilines is 2. The number of rotatable bonds is 5. The van der Waals surface area contributed by atoms with Gasteiger partial charge in [-0.2, -0.15) is 0 Å². The summed E-state index contributed by atoms with van der Waals surface area (Å²) in [6, 6.07) is 17.2. The van der Waals surface area contributed by atoms with Gasteiger partial charge in [-0.25, -0.2) is 4.39 Å². The number of pyridine rings is 1. The van der Waals surface area contributed by atoms with Gasteiger partial charge in [0.25, 0.3) is 0 Å². The summed E-state index contributed by atoms with van der Waals surface area (Å²) < 4.78 is 14.3. The van der Waals surface area contributed by atoms with Gasteiger partial charge in [-0.05, 0) is 58.2 Å². The Bertz CT molecular complexity index is 901. The second-order valence-corrected chi connectivity index (χ2v) is 6.78. The minimum absolute atomic E-state index is 0.255. The summed E-state index contributed by atoms with van der Waals surface area (Å²) in [7, 11) is 0. The van der Waals surface area contributed by atoms with Crippen LogP contribution in [0.5, 0.6) is 0 Å². The van der Waals surface area contributed by atoms with Crippen molar-refractivity contribution in [2.75, 3.05) is 11.1 Å². The van der Waals surface area contributed by atoms with Crippen LogP contribution in [0.25, 0.3) is 0 Å². The zero-order chi connectivity index (χ0) is 18.5. The van der Waals surface area contributed by atoms with Gasteiger partial charge in [0.1, 0.15) is 5.82 Å². The first-order valence-corrected chi connectivity index (χ1v) is 8.83. The van der Waals surface area contributed by atoms with Gasteiger partial charge >= 0.3 is 0 Å². The summed E-state index contributed by atoms with van der Waals surface area (Å²) in [5.74, 6) is -1.29. The lowest BCUT2D eigenvalue weighted by atomic mass is 9.94. The average molecular weight is 414 g/mol. The van der Waals surface area contributed by atoms with Crippen LogP contribution >= 0.6 is 15.9 Å². The van der Waals surface area contributed by atoms with Gasteiger partial charge in [0.2, 0.25) is 5.91 Å². The molecule has 1 heterocycles. The molecule has 3 rings (SSSR count). The zero-order valence-corrected chi connectivity index (χ0v) is 15.4. The lowest BCUT2D eigenvalue weighted by molar-refractivity contribution is -0.117. The minimum atomic E-state index is -0.534. The fourth-order valence-electron chi connectivity index (χ4n) is 2.63. The normalized spacial score (nSPS) is 11.8. The van der Waals surface area contributed by atoms with Crippen molar-refractivity contribution in [3.8, 4) is 0 Å². The molecule has 4 nitrogen and oxygen atoms in total. The molecule has 1 aromatic heterocycles. The first-order chi connectivity index (χ1) is 12.5. The first-order valence-electron chi connectivity index (χ1n) is 8.04. The number of benzene rings is 2. The van der Waals surface area contributed by atoms with Crippen molar-refractivity contribution in [1.82, 2.24) is 4.98 Å². The molecule has 1 unspecified atom stereocenters. The van der Waals surface area contributed by atoms with Crippen LogP contribution in [0, 0.1) is 5.82 Å².